The summed E-state index contributed by atoms with van der Waals surface area (Å²) in [5, 5.41) is 11.2. The van der Waals surface area contributed by atoms with Gasteiger partial charge >= 0.3 is 0 Å². The molecule has 10 atom stereocenters. The van der Waals surface area contributed by atoms with Crippen LogP contribution in [-0.4, -0.2) is 17.8 Å². The van der Waals surface area contributed by atoms with Crippen LogP contribution in [0.25, 0.3) is 0 Å². The molecule has 5 saturated carbocycles. The standard InChI is InChI=1S/C49H64O2/c1-34(2)38-25-30-48(33-51-49(35-17-11-8-12-18-35,36-19-13-9-14-20-36)37-21-15-10-16-22-37)32-31-46(6)39(43(38)48)23-24-41-45(5)28-27-42(50)44(3,4)40(45)26-29-47(41,46)7/h8-22,38-43,50H,1,23-33H2,2-7H3/t38-,39+,40-,41+,42-,43?,45-,46+,47+,48+/m0/s1. The Morgan fingerprint density at radius 3 is 1.78 bits per heavy atom. The summed E-state index contributed by atoms with van der Waals surface area (Å²) in [6.45, 7) is 20.7. The molecule has 272 valence electrons. The Hall–Kier alpha value is -2.68. The van der Waals surface area contributed by atoms with E-state index in [1.54, 1.807) is 0 Å². The zero-order chi connectivity index (χ0) is 35.9. The van der Waals surface area contributed by atoms with Crippen LogP contribution in [-0.2, 0) is 10.3 Å². The molecule has 51 heavy (non-hydrogen) atoms. The van der Waals surface area contributed by atoms with Crippen LogP contribution < -0.4 is 0 Å². The Balaban J connectivity index is 1.19. The summed E-state index contributed by atoms with van der Waals surface area (Å²) in [5.74, 6) is 3.12. The third-order valence-electron chi connectivity index (χ3n) is 17.3. The average Bonchev–Trinajstić information content (AvgIpc) is 3.52. The number of fused-ring (bicyclic) bond motifs is 7. The molecule has 0 bridgehead atoms. The van der Waals surface area contributed by atoms with Crippen LogP contribution in [0.2, 0.25) is 0 Å². The molecular formula is C49H64O2. The number of rotatable bonds is 7. The SMILES string of the molecule is C=C(C)[C@@H]1CC[C@]2(COC(c3ccccc3)(c3ccccc3)c3ccccc3)CC[C@]3(C)[C@H](CC[C@@H]4[C@@]5(C)CC[C@H](O)C(C)(C)[C@@H]5CC[C@]43C)C12. The molecule has 1 unspecified atom stereocenters. The van der Waals surface area contributed by atoms with E-state index in [4.69, 9.17) is 11.3 Å². The smallest absolute Gasteiger partial charge is 0.143 e. The van der Waals surface area contributed by atoms with Crippen LogP contribution in [0, 0.1) is 56.7 Å². The first-order valence-corrected chi connectivity index (χ1v) is 20.5. The predicted molar refractivity (Wildman–Crippen MR) is 210 cm³/mol. The number of ether oxygens (including phenoxy) is 1. The topological polar surface area (TPSA) is 29.5 Å². The van der Waals surface area contributed by atoms with E-state index in [1.807, 2.05) is 0 Å². The molecule has 0 radical (unpaired) electrons. The second-order valence-electron chi connectivity index (χ2n) is 19.5. The van der Waals surface area contributed by atoms with Gasteiger partial charge in [-0.3, -0.25) is 0 Å². The first-order valence-electron chi connectivity index (χ1n) is 20.5. The van der Waals surface area contributed by atoms with Gasteiger partial charge in [0.15, 0.2) is 0 Å². The highest BCUT2D eigenvalue weighted by Gasteiger charge is 2.71. The summed E-state index contributed by atoms with van der Waals surface area (Å²) in [5.41, 5.74) is 5.28. The van der Waals surface area contributed by atoms with Crippen LogP contribution in [0.1, 0.15) is 122 Å². The van der Waals surface area contributed by atoms with Crippen molar-refractivity contribution in [3.05, 3.63) is 120 Å². The van der Waals surface area contributed by atoms with Crippen LogP contribution >= 0.6 is 0 Å². The zero-order valence-corrected chi connectivity index (χ0v) is 32.5. The summed E-state index contributed by atoms with van der Waals surface area (Å²) < 4.78 is 7.77. The van der Waals surface area contributed by atoms with E-state index >= 15 is 0 Å². The third kappa shape index (κ3) is 5.01. The average molecular weight is 685 g/mol. The Kier molecular flexibility index (Phi) is 8.63. The first kappa shape index (κ1) is 35.4. The first-order chi connectivity index (χ1) is 24.3. The lowest BCUT2D eigenvalue weighted by atomic mass is 9.32. The fourth-order valence-corrected chi connectivity index (χ4v) is 14.5. The molecule has 5 aliphatic rings. The molecule has 3 aromatic carbocycles. The largest absolute Gasteiger partial charge is 0.393 e. The van der Waals surface area contributed by atoms with Crippen molar-refractivity contribution in [2.24, 2.45) is 56.7 Å². The number of aliphatic hydroxyl groups excluding tert-OH is 1. The highest BCUT2D eigenvalue weighted by molar-refractivity contribution is 5.47. The van der Waals surface area contributed by atoms with Crippen molar-refractivity contribution in [3.8, 4) is 0 Å². The van der Waals surface area contributed by atoms with E-state index in [0.717, 1.165) is 13.0 Å². The maximum absolute atomic E-state index is 11.2. The summed E-state index contributed by atoms with van der Waals surface area (Å²) in [4.78, 5) is 0. The van der Waals surface area contributed by atoms with Crippen LogP contribution in [0.15, 0.2) is 103 Å². The van der Waals surface area contributed by atoms with Crippen molar-refractivity contribution in [2.75, 3.05) is 6.61 Å². The molecular weight excluding hydrogens is 621 g/mol. The van der Waals surface area contributed by atoms with Gasteiger partial charge < -0.3 is 9.84 Å². The van der Waals surface area contributed by atoms with E-state index < -0.39 is 5.60 Å². The molecule has 0 amide bonds. The van der Waals surface area contributed by atoms with E-state index in [1.165, 1.54) is 80.1 Å². The van der Waals surface area contributed by atoms with E-state index in [-0.39, 0.29) is 22.3 Å². The molecule has 8 rings (SSSR count). The van der Waals surface area contributed by atoms with Crippen molar-refractivity contribution in [1.29, 1.82) is 0 Å². The lowest BCUT2D eigenvalue weighted by molar-refractivity contribution is -0.251. The van der Waals surface area contributed by atoms with Gasteiger partial charge in [-0.15, -0.1) is 0 Å². The summed E-state index contributed by atoms with van der Waals surface area (Å²) in [6, 6.07) is 33.0. The van der Waals surface area contributed by atoms with Crippen LogP contribution in [0.5, 0.6) is 0 Å². The van der Waals surface area contributed by atoms with Crippen molar-refractivity contribution in [3.63, 3.8) is 0 Å². The molecule has 0 spiro atoms. The van der Waals surface area contributed by atoms with Gasteiger partial charge in [-0.05, 0) is 144 Å². The van der Waals surface area contributed by atoms with Crippen molar-refractivity contribution in [1.82, 2.24) is 0 Å². The summed E-state index contributed by atoms with van der Waals surface area (Å²) in [6.07, 6.45) is 12.1. The molecule has 2 heteroatoms. The molecule has 0 aromatic heterocycles. The van der Waals surface area contributed by atoms with E-state index in [9.17, 15) is 5.11 Å². The predicted octanol–water partition coefficient (Wildman–Crippen LogP) is 12.0. The van der Waals surface area contributed by atoms with E-state index in [2.05, 4.69) is 133 Å². The van der Waals surface area contributed by atoms with Crippen molar-refractivity contribution in [2.45, 2.75) is 117 Å². The Morgan fingerprint density at radius 1 is 0.667 bits per heavy atom. The Morgan fingerprint density at radius 2 is 1.24 bits per heavy atom. The van der Waals surface area contributed by atoms with Crippen molar-refractivity contribution < 1.29 is 9.84 Å². The molecule has 5 aliphatic carbocycles. The Bertz CT molecular complexity index is 1620. The maximum Gasteiger partial charge on any atom is 0.143 e. The van der Waals surface area contributed by atoms with Gasteiger partial charge in [0.05, 0.1) is 12.7 Å². The molecule has 3 aromatic rings. The normalized spacial score (nSPS) is 40.0. The van der Waals surface area contributed by atoms with Gasteiger partial charge in [-0.25, -0.2) is 0 Å². The van der Waals surface area contributed by atoms with Crippen molar-refractivity contribution >= 4 is 0 Å². The van der Waals surface area contributed by atoms with Gasteiger partial charge in [0.1, 0.15) is 5.60 Å². The monoisotopic (exact) mass is 684 g/mol. The van der Waals surface area contributed by atoms with Gasteiger partial charge in [-0.2, -0.15) is 0 Å². The molecule has 0 aliphatic heterocycles. The zero-order valence-electron chi connectivity index (χ0n) is 32.5. The lowest BCUT2D eigenvalue weighted by Crippen LogP contribution is -2.66. The summed E-state index contributed by atoms with van der Waals surface area (Å²) in [7, 11) is 0. The molecule has 0 saturated heterocycles. The molecule has 0 heterocycles. The van der Waals surface area contributed by atoms with Crippen LogP contribution in [0.4, 0.5) is 0 Å². The lowest BCUT2D eigenvalue weighted by Gasteiger charge is -2.73. The minimum absolute atomic E-state index is 0.00952. The second kappa shape index (κ2) is 12.4. The number of allylic oxidation sites excluding steroid dienone is 1. The summed E-state index contributed by atoms with van der Waals surface area (Å²) >= 11 is 0. The minimum Gasteiger partial charge on any atom is -0.393 e. The van der Waals surface area contributed by atoms with Gasteiger partial charge in [0.2, 0.25) is 0 Å². The fraction of sp³-hybridized carbons (Fsp3) is 0.592. The Labute approximate surface area is 309 Å². The quantitative estimate of drug-likeness (QED) is 0.198. The van der Waals surface area contributed by atoms with E-state index in [0.29, 0.717) is 40.4 Å². The number of benzene rings is 3. The fourth-order valence-electron chi connectivity index (χ4n) is 14.5. The van der Waals surface area contributed by atoms with Gasteiger partial charge in [0.25, 0.3) is 0 Å². The number of hydrogen-bond donors (Lipinski definition) is 1. The molecule has 5 fully saturated rings. The van der Waals surface area contributed by atoms with Gasteiger partial charge in [-0.1, -0.05) is 138 Å². The van der Waals surface area contributed by atoms with Crippen LogP contribution in [0.3, 0.4) is 0 Å². The molecule has 2 nitrogen and oxygen atoms in total. The minimum atomic E-state index is -0.694. The maximum atomic E-state index is 11.2. The highest BCUT2D eigenvalue weighted by Crippen LogP contribution is 2.77. The van der Waals surface area contributed by atoms with Gasteiger partial charge in [0, 0.05) is 0 Å². The highest BCUT2D eigenvalue weighted by atomic mass is 16.5. The number of aliphatic hydroxyl groups is 1. The third-order valence-corrected chi connectivity index (χ3v) is 17.3. The molecule has 1 N–H and O–H groups in total. The second-order valence-corrected chi connectivity index (χ2v) is 19.5. The number of hydrogen-bond acceptors (Lipinski definition) is 2.